The van der Waals surface area contributed by atoms with Gasteiger partial charge in [-0.15, -0.1) is 0 Å². The Balaban J connectivity index is 1.87. The summed E-state index contributed by atoms with van der Waals surface area (Å²) >= 11 is 0. The van der Waals surface area contributed by atoms with Crippen molar-refractivity contribution >= 4 is 0 Å². The number of nitrogens with one attached hydrogen (secondary N) is 1. The molecular formula is C13H18N4. The SMILES string of the molecule is CC(NCc1ccncc1)C(C)n1cccn1. The first-order valence-corrected chi connectivity index (χ1v) is 5.89. The molecule has 0 aliphatic rings. The largest absolute Gasteiger partial charge is 0.308 e. The van der Waals surface area contributed by atoms with Crippen LogP contribution in [0.5, 0.6) is 0 Å². The standard InChI is InChI=1S/C13H18N4/c1-11(12(2)17-9-3-6-16-17)15-10-13-4-7-14-8-5-13/h3-9,11-12,15H,10H2,1-2H3. The molecule has 0 spiro atoms. The van der Waals surface area contributed by atoms with Gasteiger partial charge in [0, 0.05) is 37.4 Å². The number of nitrogens with zero attached hydrogens (tertiary/aromatic N) is 3. The highest BCUT2D eigenvalue weighted by atomic mass is 15.3. The van der Waals surface area contributed by atoms with Gasteiger partial charge in [0.2, 0.25) is 0 Å². The van der Waals surface area contributed by atoms with Gasteiger partial charge >= 0.3 is 0 Å². The van der Waals surface area contributed by atoms with E-state index in [1.807, 2.05) is 47.7 Å². The quantitative estimate of drug-likeness (QED) is 0.854. The molecule has 0 bridgehead atoms. The molecule has 2 rings (SSSR count). The Morgan fingerprint density at radius 3 is 2.65 bits per heavy atom. The summed E-state index contributed by atoms with van der Waals surface area (Å²) in [7, 11) is 0. The van der Waals surface area contributed by atoms with Crippen LogP contribution in [0, 0.1) is 0 Å². The van der Waals surface area contributed by atoms with Crippen LogP contribution in [0.4, 0.5) is 0 Å². The van der Waals surface area contributed by atoms with Gasteiger partial charge in [-0.25, -0.2) is 0 Å². The van der Waals surface area contributed by atoms with Crippen LogP contribution in [0.1, 0.15) is 25.5 Å². The van der Waals surface area contributed by atoms with Crippen molar-refractivity contribution in [2.45, 2.75) is 32.5 Å². The van der Waals surface area contributed by atoms with Crippen molar-refractivity contribution in [3.63, 3.8) is 0 Å². The molecule has 0 amide bonds. The molecule has 0 aromatic carbocycles. The highest BCUT2D eigenvalue weighted by molar-refractivity contribution is 5.09. The van der Waals surface area contributed by atoms with E-state index < -0.39 is 0 Å². The lowest BCUT2D eigenvalue weighted by Gasteiger charge is -2.21. The zero-order chi connectivity index (χ0) is 12.1. The van der Waals surface area contributed by atoms with Crippen LogP contribution in [0.2, 0.25) is 0 Å². The van der Waals surface area contributed by atoms with Crippen LogP contribution in [0.25, 0.3) is 0 Å². The van der Waals surface area contributed by atoms with Crippen molar-refractivity contribution in [3.8, 4) is 0 Å². The number of hydrogen-bond donors (Lipinski definition) is 1. The maximum Gasteiger partial charge on any atom is 0.0641 e. The third-order valence-corrected chi connectivity index (χ3v) is 3.04. The lowest BCUT2D eigenvalue weighted by molar-refractivity contribution is 0.365. The topological polar surface area (TPSA) is 42.7 Å². The maximum atomic E-state index is 4.26. The van der Waals surface area contributed by atoms with Crippen molar-refractivity contribution in [1.29, 1.82) is 0 Å². The van der Waals surface area contributed by atoms with Crippen molar-refractivity contribution in [2.24, 2.45) is 0 Å². The van der Waals surface area contributed by atoms with Gasteiger partial charge in [0.25, 0.3) is 0 Å². The van der Waals surface area contributed by atoms with E-state index in [1.54, 1.807) is 0 Å². The minimum absolute atomic E-state index is 0.340. The van der Waals surface area contributed by atoms with E-state index in [2.05, 4.69) is 29.2 Å². The van der Waals surface area contributed by atoms with Crippen molar-refractivity contribution in [2.75, 3.05) is 0 Å². The maximum absolute atomic E-state index is 4.26. The molecule has 17 heavy (non-hydrogen) atoms. The summed E-state index contributed by atoms with van der Waals surface area (Å²) in [4.78, 5) is 4.01. The molecule has 4 nitrogen and oxygen atoms in total. The Bertz CT molecular complexity index is 424. The van der Waals surface area contributed by atoms with Crippen LogP contribution in [0.15, 0.2) is 43.0 Å². The lowest BCUT2D eigenvalue weighted by Crippen LogP contribution is -2.33. The minimum atomic E-state index is 0.340. The molecule has 0 saturated carbocycles. The molecule has 2 aromatic heterocycles. The fourth-order valence-electron chi connectivity index (χ4n) is 1.70. The van der Waals surface area contributed by atoms with Gasteiger partial charge in [-0.05, 0) is 37.6 Å². The second-order valence-electron chi connectivity index (χ2n) is 4.25. The molecule has 90 valence electrons. The van der Waals surface area contributed by atoms with Gasteiger partial charge in [-0.3, -0.25) is 9.67 Å². The van der Waals surface area contributed by atoms with Crippen molar-refractivity contribution in [3.05, 3.63) is 48.5 Å². The number of pyridine rings is 1. The third kappa shape index (κ3) is 3.14. The molecule has 0 fully saturated rings. The zero-order valence-electron chi connectivity index (χ0n) is 10.2. The molecular weight excluding hydrogens is 212 g/mol. The molecule has 2 atom stereocenters. The van der Waals surface area contributed by atoms with Gasteiger partial charge in [-0.1, -0.05) is 0 Å². The lowest BCUT2D eigenvalue weighted by atomic mass is 10.1. The summed E-state index contributed by atoms with van der Waals surface area (Å²) in [5.74, 6) is 0. The smallest absolute Gasteiger partial charge is 0.0641 e. The predicted molar refractivity (Wildman–Crippen MR) is 67.5 cm³/mol. The Kier molecular flexibility index (Phi) is 3.88. The summed E-state index contributed by atoms with van der Waals surface area (Å²) in [6, 6.07) is 6.71. The first-order chi connectivity index (χ1) is 8.27. The molecule has 0 saturated heterocycles. The molecule has 2 unspecified atom stereocenters. The van der Waals surface area contributed by atoms with E-state index in [9.17, 15) is 0 Å². The third-order valence-electron chi connectivity index (χ3n) is 3.04. The van der Waals surface area contributed by atoms with Gasteiger partial charge < -0.3 is 5.32 Å². The van der Waals surface area contributed by atoms with Gasteiger partial charge in [0.15, 0.2) is 0 Å². The molecule has 0 aliphatic heterocycles. The van der Waals surface area contributed by atoms with Gasteiger partial charge in [0.1, 0.15) is 0 Å². The fourth-order valence-corrected chi connectivity index (χ4v) is 1.70. The predicted octanol–water partition coefficient (Wildman–Crippen LogP) is 2.02. The highest BCUT2D eigenvalue weighted by Crippen LogP contribution is 2.09. The highest BCUT2D eigenvalue weighted by Gasteiger charge is 2.13. The second-order valence-corrected chi connectivity index (χ2v) is 4.25. The van der Waals surface area contributed by atoms with Gasteiger partial charge in [-0.2, -0.15) is 5.10 Å². The Morgan fingerprint density at radius 2 is 2.00 bits per heavy atom. The summed E-state index contributed by atoms with van der Waals surface area (Å²) in [5, 5.41) is 7.76. The first-order valence-electron chi connectivity index (χ1n) is 5.89. The van der Waals surface area contributed by atoms with Crippen molar-refractivity contribution < 1.29 is 0 Å². The summed E-state index contributed by atoms with van der Waals surface area (Å²) in [6.07, 6.45) is 7.44. The van der Waals surface area contributed by atoms with E-state index in [1.165, 1.54) is 5.56 Å². The monoisotopic (exact) mass is 230 g/mol. The van der Waals surface area contributed by atoms with Crippen LogP contribution >= 0.6 is 0 Å². The van der Waals surface area contributed by atoms with Crippen LogP contribution in [-0.2, 0) is 6.54 Å². The van der Waals surface area contributed by atoms with Crippen molar-refractivity contribution in [1.82, 2.24) is 20.1 Å². The second kappa shape index (κ2) is 5.59. The number of rotatable bonds is 5. The van der Waals surface area contributed by atoms with Gasteiger partial charge in [0.05, 0.1) is 6.04 Å². The minimum Gasteiger partial charge on any atom is -0.308 e. The van der Waals surface area contributed by atoms with E-state index in [-0.39, 0.29) is 0 Å². The first kappa shape index (κ1) is 11.8. The molecule has 0 aliphatic carbocycles. The van der Waals surface area contributed by atoms with E-state index in [0.717, 1.165) is 6.54 Å². The molecule has 2 aromatic rings. The molecule has 2 heterocycles. The number of hydrogen-bond acceptors (Lipinski definition) is 3. The number of aromatic nitrogens is 3. The van der Waals surface area contributed by atoms with Crippen LogP contribution in [-0.4, -0.2) is 20.8 Å². The average Bonchev–Trinajstić information content (AvgIpc) is 2.90. The van der Waals surface area contributed by atoms with E-state index >= 15 is 0 Å². The van der Waals surface area contributed by atoms with Crippen LogP contribution in [0.3, 0.4) is 0 Å². The molecule has 0 radical (unpaired) electrons. The fraction of sp³-hybridized carbons (Fsp3) is 0.385. The normalized spacial score (nSPS) is 14.5. The zero-order valence-corrected chi connectivity index (χ0v) is 10.2. The average molecular weight is 230 g/mol. The summed E-state index contributed by atoms with van der Waals surface area (Å²) < 4.78 is 1.98. The Morgan fingerprint density at radius 1 is 1.24 bits per heavy atom. The molecule has 4 heteroatoms. The Hall–Kier alpha value is -1.68. The van der Waals surface area contributed by atoms with Crippen LogP contribution < -0.4 is 5.32 Å². The molecule has 1 N–H and O–H groups in total. The van der Waals surface area contributed by atoms with E-state index in [4.69, 9.17) is 0 Å². The Labute approximate surface area is 102 Å². The summed E-state index contributed by atoms with van der Waals surface area (Å²) in [6.45, 7) is 5.19. The summed E-state index contributed by atoms with van der Waals surface area (Å²) in [5.41, 5.74) is 1.25. The van der Waals surface area contributed by atoms with E-state index in [0.29, 0.717) is 12.1 Å².